The lowest BCUT2D eigenvalue weighted by Gasteiger charge is -2.36. The maximum absolute atomic E-state index is 13.7. The van der Waals surface area contributed by atoms with E-state index in [2.05, 4.69) is 0 Å². The molecule has 0 N–H and O–H groups in total. The van der Waals surface area contributed by atoms with Gasteiger partial charge in [-0.2, -0.15) is 0 Å². The first-order valence-electron chi connectivity index (χ1n) is 10.7. The Balaban J connectivity index is 1.63. The van der Waals surface area contributed by atoms with Crippen LogP contribution in [0.15, 0.2) is 54.6 Å². The topological polar surface area (TPSA) is 57.7 Å². The molecule has 3 aliphatic heterocycles. The molecule has 0 unspecified atom stereocenters. The molecule has 2 fully saturated rings. The van der Waals surface area contributed by atoms with Gasteiger partial charge in [-0.05, 0) is 30.2 Å². The molecular formula is C25H23ClN2O3. The number of likely N-dealkylation sites (tertiary alicyclic amines) is 1. The van der Waals surface area contributed by atoms with Crippen molar-refractivity contribution in [2.24, 2.45) is 11.8 Å². The third kappa shape index (κ3) is 3.02. The Morgan fingerprint density at radius 1 is 1.03 bits per heavy atom. The summed E-state index contributed by atoms with van der Waals surface area (Å²) in [6.07, 6.45) is 5.55. The van der Waals surface area contributed by atoms with Crippen molar-refractivity contribution in [1.29, 1.82) is 0 Å². The lowest BCUT2D eigenvalue weighted by Crippen LogP contribution is -2.48. The number of amides is 2. The van der Waals surface area contributed by atoms with Gasteiger partial charge in [0.15, 0.2) is 5.78 Å². The molecule has 0 aromatic heterocycles. The minimum Gasteiger partial charge on any atom is -0.352 e. The maximum atomic E-state index is 13.7. The number of anilines is 1. The molecule has 6 heteroatoms. The van der Waals surface area contributed by atoms with Crippen LogP contribution in [-0.4, -0.2) is 41.1 Å². The van der Waals surface area contributed by atoms with Crippen molar-refractivity contribution in [3.05, 3.63) is 70.8 Å². The van der Waals surface area contributed by atoms with E-state index >= 15 is 0 Å². The van der Waals surface area contributed by atoms with Gasteiger partial charge in [-0.3, -0.25) is 19.3 Å². The fourth-order valence-corrected chi connectivity index (χ4v) is 5.40. The monoisotopic (exact) mass is 434 g/mol. The number of nitrogens with zero attached hydrogens (tertiary/aromatic N) is 2. The fourth-order valence-electron chi connectivity index (χ4n) is 5.22. The number of ketones is 1. The lowest BCUT2D eigenvalue weighted by molar-refractivity contribution is -0.140. The number of imide groups is 1. The molecule has 0 spiro atoms. The second-order valence-corrected chi connectivity index (χ2v) is 8.80. The zero-order valence-corrected chi connectivity index (χ0v) is 18.0. The summed E-state index contributed by atoms with van der Waals surface area (Å²) in [6.45, 7) is 2.44. The summed E-state index contributed by atoms with van der Waals surface area (Å²) in [5.41, 5.74) is 2.27. The van der Waals surface area contributed by atoms with Gasteiger partial charge in [0.2, 0.25) is 11.8 Å². The highest BCUT2D eigenvalue weighted by atomic mass is 35.5. The molecule has 0 aliphatic carbocycles. The molecule has 158 valence electrons. The van der Waals surface area contributed by atoms with Crippen LogP contribution in [0.4, 0.5) is 5.69 Å². The molecule has 0 saturated carbocycles. The van der Waals surface area contributed by atoms with E-state index in [0.29, 0.717) is 17.1 Å². The van der Waals surface area contributed by atoms with E-state index in [1.807, 2.05) is 54.3 Å². The molecule has 4 atom stereocenters. The van der Waals surface area contributed by atoms with Gasteiger partial charge < -0.3 is 4.90 Å². The number of halogens is 1. The normalized spacial score (nSPS) is 26.1. The molecule has 5 rings (SSSR count). The van der Waals surface area contributed by atoms with Gasteiger partial charge in [0.1, 0.15) is 6.04 Å². The number of fused-ring (bicyclic) bond motifs is 5. The van der Waals surface area contributed by atoms with Crippen LogP contribution in [-0.2, 0) is 9.59 Å². The van der Waals surface area contributed by atoms with E-state index in [1.165, 1.54) is 4.90 Å². The van der Waals surface area contributed by atoms with Crippen LogP contribution in [0.3, 0.4) is 0 Å². The van der Waals surface area contributed by atoms with Crippen LogP contribution in [0.25, 0.3) is 6.08 Å². The van der Waals surface area contributed by atoms with E-state index < -0.39 is 17.9 Å². The predicted octanol–water partition coefficient (Wildman–Crippen LogP) is 4.21. The summed E-state index contributed by atoms with van der Waals surface area (Å²) in [5, 5.41) is 0.602. The molecule has 2 aromatic carbocycles. The van der Waals surface area contributed by atoms with E-state index in [-0.39, 0.29) is 23.6 Å². The van der Waals surface area contributed by atoms with Gasteiger partial charge in [0.25, 0.3) is 0 Å². The molecule has 5 nitrogen and oxygen atoms in total. The Morgan fingerprint density at radius 3 is 2.52 bits per heavy atom. The zero-order valence-electron chi connectivity index (χ0n) is 17.2. The highest BCUT2D eigenvalue weighted by Crippen LogP contribution is 2.49. The van der Waals surface area contributed by atoms with Crippen LogP contribution < -0.4 is 4.90 Å². The summed E-state index contributed by atoms with van der Waals surface area (Å²) < 4.78 is 0. The second kappa shape index (κ2) is 7.65. The molecule has 31 heavy (non-hydrogen) atoms. The standard InChI is InChI=1S/C25H23ClN2O3/c1-2-3-13-27-24(30)20-19-11-9-16-14-17(26)10-12-18(16)28(19)22(21(20)25(27)31)23(29)15-7-5-4-6-8-15/h4-12,14,19-22H,2-3,13H2,1H3/t19-,20-,21-,22-/m1/s1. The van der Waals surface area contributed by atoms with E-state index in [4.69, 9.17) is 11.6 Å². The quantitative estimate of drug-likeness (QED) is 0.522. The third-order valence-corrected chi connectivity index (χ3v) is 6.86. The minimum atomic E-state index is -0.731. The average molecular weight is 435 g/mol. The fraction of sp³-hybridized carbons (Fsp3) is 0.320. The SMILES string of the molecule is CCCCN1C(=O)[C@@H]2[C@H](C1=O)[C@H]1C=Cc3cc(Cl)ccc3N1[C@H]2C(=O)c1ccccc1. The van der Waals surface area contributed by atoms with Gasteiger partial charge >= 0.3 is 0 Å². The Morgan fingerprint density at radius 2 is 1.77 bits per heavy atom. The lowest BCUT2D eigenvalue weighted by atomic mass is 9.86. The summed E-state index contributed by atoms with van der Waals surface area (Å²) in [7, 11) is 0. The number of benzene rings is 2. The average Bonchev–Trinajstić information content (AvgIpc) is 3.25. The summed E-state index contributed by atoms with van der Waals surface area (Å²) in [5.74, 6) is -1.76. The van der Waals surface area contributed by atoms with Crippen LogP contribution >= 0.6 is 11.6 Å². The van der Waals surface area contributed by atoms with Gasteiger partial charge in [0, 0.05) is 22.8 Å². The molecule has 2 saturated heterocycles. The van der Waals surface area contributed by atoms with Crippen molar-refractivity contribution < 1.29 is 14.4 Å². The van der Waals surface area contributed by atoms with E-state index in [1.54, 1.807) is 18.2 Å². The zero-order chi connectivity index (χ0) is 21.7. The van der Waals surface area contributed by atoms with Crippen molar-refractivity contribution >= 4 is 41.0 Å². The van der Waals surface area contributed by atoms with Crippen molar-refractivity contribution in [2.45, 2.75) is 31.8 Å². The minimum absolute atomic E-state index is 0.132. The predicted molar refractivity (Wildman–Crippen MR) is 120 cm³/mol. The third-order valence-electron chi connectivity index (χ3n) is 6.62. The summed E-state index contributed by atoms with van der Waals surface area (Å²) >= 11 is 6.19. The largest absolute Gasteiger partial charge is 0.352 e. The van der Waals surface area contributed by atoms with Gasteiger partial charge in [-0.15, -0.1) is 0 Å². The summed E-state index contributed by atoms with van der Waals surface area (Å²) in [6, 6.07) is 13.5. The Kier molecular flexibility index (Phi) is 4.94. The highest BCUT2D eigenvalue weighted by Gasteiger charge is 2.63. The summed E-state index contributed by atoms with van der Waals surface area (Å²) in [4.78, 5) is 43.9. The maximum Gasteiger partial charge on any atom is 0.235 e. The van der Waals surface area contributed by atoms with Crippen LogP contribution in [0.2, 0.25) is 5.02 Å². The molecule has 0 bridgehead atoms. The van der Waals surface area contributed by atoms with Crippen molar-refractivity contribution in [1.82, 2.24) is 4.90 Å². The second-order valence-electron chi connectivity index (χ2n) is 8.37. The van der Waals surface area contributed by atoms with E-state index in [9.17, 15) is 14.4 Å². The van der Waals surface area contributed by atoms with Gasteiger partial charge in [-0.25, -0.2) is 0 Å². The number of rotatable bonds is 5. The first-order chi connectivity index (χ1) is 15.0. The highest BCUT2D eigenvalue weighted by molar-refractivity contribution is 6.30. The number of carbonyl (C=O) groups is 3. The van der Waals surface area contributed by atoms with Gasteiger partial charge in [0.05, 0.1) is 17.9 Å². The number of Topliss-reactive ketones (excluding diaryl/α,β-unsaturated/α-hetero) is 1. The number of hydrogen-bond donors (Lipinski definition) is 0. The molecule has 0 radical (unpaired) electrons. The number of unbranched alkanes of at least 4 members (excludes halogenated alkanes) is 1. The van der Waals surface area contributed by atoms with Crippen molar-refractivity contribution in [2.75, 3.05) is 11.4 Å². The van der Waals surface area contributed by atoms with Gasteiger partial charge in [-0.1, -0.05) is 67.4 Å². The molecule has 2 aromatic rings. The molecule has 3 heterocycles. The molecular weight excluding hydrogens is 412 g/mol. The first-order valence-corrected chi connectivity index (χ1v) is 11.1. The van der Waals surface area contributed by atoms with E-state index in [0.717, 1.165) is 24.1 Å². The number of carbonyl (C=O) groups excluding carboxylic acids is 3. The smallest absolute Gasteiger partial charge is 0.235 e. The van der Waals surface area contributed by atoms with Crippen LogP contribution in [0, 0.1) is 11.8 Å². The Hall–Kier alpha value is -2.92. The first kappa shape index (κ1) is 20.0. The Bertz CT molecular complexity index is 1100. The number of hydrogen-bond acceptors (Lipinski definition) is 4. The van der Waals surface area contributed by atoms with Crippen LogP contribution in [0.5, 0.6) is 0 Å². The molecule has 2 amide bonds. The molecule has 3 aliphatic rings. The van der Waals surface area contributed by atoms with Crippen LogP contribution in [0.1, 0.15) is 35.7 Å². The Labute approximate surface area is 186 Å². The van der Waals surface area contributed by atoms with Crippen molar-refractivity contribution in [3.8, 4) is 0 Å². The van der Waals surface area contributed by atoms with Crippen molar-refractivity contribution in [3.63, 3.8) is 0 Å².